The molecule has 7 nitrogen and oxygen atoms in total. The molecule has 0 atom stereocenters. The molecule has 2 N–H and O–H groups in total. The Balaban J connectivity index is 1.60. The summed E-state index contributed by atoms with van der Waals surface area (Å²) >= 11 is 0. The van der Waals surface area contributed by atoms with E-state index in [0.29, 0.717) is 17.1 Å². The van der Waals surface area contributed by atoms with E-state index in [-0.39, 0.29) is 17.9 Å². The highest BCUT2D eigenvalue weighted by Crippen LogP contribution is 2.18. The second-order valence-corrected chi connectivity index (χ2v) is 5.94. The maximum absolute atomic E-state index is 12.1. The van der Waals surface area contributed by atoms with E-state index < -0.39 is 0 Å². The fourth-order valence-corrected chi connectivity index (χ4v) is 2.79. The fourth-order valence-electron chi connectivity index (χ4n) is 2.79. The topological polar surface area (TPSA) is 93.2 Å². The van der Waals surface area contributed by atoms with Crippen LogP contribution in [-0.2, 0) is 4.74 Å². The Morgan fingerprint density at radius 2 is 1.68 bits per heavy atom. The molecule has 3 rings (SSSR count). The zero-order valence-corrected chi connectivity index (χ0v) is 14.0. The number of amides is 1. The van der Waals surface area contributed by atoms with Crippen molar-refractivity contribution in [3.63, 3.8) is 0 Å². The second kappa shape index (κ2) is 7.74. The smallest absolute Gasteiger partial charge is 0.337 e. The molecular formula is C18H20N4O3. The summed E-state index contributed by atoms with van der Waals surface area (Å²) in [6.07, 6.45) is 7.41. The lowest BCUT2D eigenvalue weighted by Crippen LogP contribution is -2.32. The molecule has 2 aromatic rings. The molecule has 0 radical (unpaired) electrons. The normalized spacial score (nSPS) is 14.1. The number of carbonyl (C=O) groups excluding carboxylic acids is 2. The monoisotopic (exact) mass is 340 g/mol. The van der Waals surface area contributed by atoms with Crippen LogP contribution in [0, 0.1) is 0 Å². The van der Waals surface area contributed by atoms with Gasteiger partial charge in [0.25, 0.3) is 5.91 Å². The summed E-state index contributed by atoms with van der Waals surface area (Å²) in [7, 11) is 1.34. The average Bonchev–Trinajstić information content (AvgIpc) is 3.15. The third-order valence-corrected chi connectivity index (χ3v) is 4.17. The molecule has 1 saturated carbocycles. The van der Waals surface area contributed by atoms with Crippen LogP contribution in [-0.4, -0.2) is 35.0 Å². The zero-order chi connectivity index (χ0) is 17.6. The van der Waals surface area contributed by atoms with Crippen LogP contribution < -0.4 is 10.6 Å². The SMILES string of the molecule is COC(=O)c1ccc(Nc2ncc(C(=O)NC3CCCC3)cn2)cc1. The van der Waals surface area contributed by atoms with Gasteiger partial charge in [-0.2, -0.15) is 0 Å². The molecule has 0 spiro atoms. The van der Waals surface area contributed by atoms with Gasteiger partial charge in [-0.25, -0.2) is 14.8 Å². The van der Waals surface area contributed by atoms with Gasteiger partial charge in [-0.05, 0) is 37.1 Å². The van der Waals surface area contributed by atoms with Crippen molar-refractivity contribution in [2.75, 3.05) is 12.4 Å². The van der Waals surface area contributed by atoms with Gasteiger partial charge in [0.1, 0.15) is 0 Å². The maximum atomic E-state index is 12.1. The molecule has 1 fully saturated rings. The van der Waals surface area contributed by atoms with Gasteiger partial charge in [-0.3, -0.25) is 4.79 Å². The molecule has 1 heterocycles. The van der Waals surface area contributed by atoms with Crippen molar-refractivity contribution in [2.45, 2.75) is 31.7 Å². The zero-order valence-electron chi connectivity index (χ0n) is 14.0. The first-order valence-electron chi connectivity index (χ1n) is 8.24. The molecule has 1 aliphatic carbocycles. The Labute approximate surface area is 145 Å². The molecule has 130 valence electrons. The van der Waals surface area contributed by atoms with Gasteiger partial charge in [0.05, 0.1) is 18.2 Å². The molecular weight excluding hydrogens is 320 g/mol. The van der Waals surface area contributed by atoms with Gasteiger partial charge in [0.15, 0.2) is 0 Å². The standard InChI is InChI=1S/C18H20N4O3/c1-25-17(24)12-6-8-15(9-7-12)22-18-19-10-13(11-20-18)16(23)21-14-4-2-3-5-14/h6-11,14H,2-5H2,1H3,(H,21,23)(H,19,20,22). The van der Waals surface area contributed by atoms with E-state index in [2.05, 4.69) is 25.3 Å². The second-order valence-electron chi connectivity index (χ2n) is 5.94. The first-order chi connectivity index (χ1) is 12.2. The minimum Gasteiger partial charge on any atom is -0.465 e. The maximum Gasteiger partial charge on any atom is 0.337 e. The number of esters is 1. The van der Waals surface area contributed by atoms with Crippen LogP contribution in [0.3, 0.4) is 0 Å². The van der Waals surface area contributed by atoms with E-state index in [1.54, 1.807) is 24.3 Å². The van der Waals surface area contributed by atoms with Crippen molar-refractivity contribution in [1.82, 2.24) is 15.3 Å². The van der Waals surface area contributed by atoms with E-state index in [1.807, 2.05) is 0 Å². The van der Waals surface area contributed by atoms with Gasteiger partial charge in [0.2, 0.25) is 5.95 Å². The highest BCUT2D eigenvalue weighted by molar-refractivity contribution is 5.94. The number of anilines is 2. The lowest BCUT2D eigenvalue weighted by atomic mass is 10.2. The Kier molecular flexibility index (Phi) is 5.23. The summed E-state index contributed by atoms with van der Waals surface area (Å²) < 4.78 is 4.66. The van der Waals surface area contributed by atoms with E-state index in [4.69, 9.17) is 0 Å². The molecule has 0 bridgehead atoms. The number of benzene rings is 1. The summed E-state index contributed by atoms with van der Waals surface area (Å²) in [5, 5.41) is 6.02. The van der Waals surface area contributed by atoms with Gasteiger partial charge in [0, 0.05) is 24.1 Å². The molecule has 7 heteroatoms. The minimum absolute atomic E-state index is 0.138. The number of ether oxygens (including phenoxy) is 1. The third-order valence-electron chi connectivity index (χ3n) is 4.17. The Morgan fingerprint density at radius 3 is 2.28 bits per heavy atom. The number of hydrogen-bond donors (Lipinski definition) is 2. The number of nitrogens with zero attached hydrogens (tertiary/aromatic N) is 2. The summed E-state index contributed by atoms with van der Waals surface area (Å²) in [5.41, 5.74) is 1.64. The molecule has 1 aliphatic rings. The largest absolute Gasteiger partial charge is 0.465 e. The number of carbonyl (C=O) groups is 2. The predicted octanol–water partition coefficient (Wildman–Crippen LogP) is 2.68. The van der Waals surface area contributed by atoms with Crippen molar-refractivity contribution in [3.05, 3.63) is 47.8 Å². The summed E-state index contributed by atoms with van der Waals surface area (Å²) in [6.45, 7) is 0. The van der Waals surface area contributed by atoms with Crippen molar-refractivity contribution in [3.8, 4) is 0 Å². The van der Waals surface area contributed by atoms with Crippen molar-refractivity contribution < 1.29 is 14.3 Å². The lowest BCUT2D eigenvalue weighted by Gasteiger charge is -2.11. The molecule has 0 aliphatic heterocycles. The first-order valence-corrected chi connectivity index (χ1v) is 8.24. The van der Waals surface area contributed by atoms with Crippen LogP contribution in [0.4, 0.5) is 11.6 Å². The van der Waals surface area contributed by atoms with Crippen LogP contribution in [0.15, 0.2) is 36.7 Å². The number of hydrogen-bond acceptors (Lipinski definition) is 6. The Hall–Kier alpha value is -2.96. The van der Waals surface area contributed by atoms with E-state index in [9.17, 15) is 9.59 Å². The molecule has 0 unspecified atom stereocenters. The molecule has 0 saturated heterocycles. The van der Waals surface area contributed by atoms with Crippen LogP contribution >= 0.6 is 0 Å². The summed E-state index contributed by atoms with van der Waals surface area (Å²) in [5.74, 6) is -0.149. The predicted molar refractivity (Wildman–Crippen MR) is 92.8 cm³/mol. The highest BCUT2D eigenvalue weighted by atomic mass is 16.5. The van der Waals surface area contributed by atoms with Gasteiger partial charge in [-0.1, -0.05) is 12.8 Å². The summed E-state index contributed by atoms with van der Waals surface area (Å²) in [4.78, 5) is 31.9. The van der Waals surface area contributed by atoms with Crippen LogP contribution in [0.2, 0.25) is 0 Å². The first kappa shape index (κ1) is 16.9. The lowest BCUT2D eigenvalue weighted by molar-refractivity contribution is 0.0600. The van der Waals surface area contributed by atoms with Crippen LogP contribution in [0.25, 0.3) is 0 Å². The average molecular weight is 340 g/mol. The summed E-state index contributed by atoms with van der Waals surface area (Å²) in [6, 6.07) is 7.03. The molecule has 1 aromatic heterocycles. The van der Waals surface area contributed by atoms with Crippen molar-refractivity contribution >= 4 is 23.5 Å². The minimum atomic E-state index is -0.388. The highest BCUT2D eigenvalue weighted by Gasteiger charge is 2.18. The van der Waals surface area contributed by atoms with Gasteiger partial charge < -0.3 is 15.4 Å². The van der Waals surface area contributed by atoms with Crippen LogP contribution in [0.1, 0.15) is 46.4 Å². The van der Waals surface area contributed by atoms with E-state index >= 15 is 0 Å². The molecule has 25 heavy (non-hydrogen) atoms. The molecule has 1 amide bonds. The van der Waals surface area contributed by atoms with E-state index in [1.165, 1.54) is 32.3 Å². The van der Waals surface area contributed by atoms with Gasteiger partial charge >= 0.3 is 5.97 Å². The Morgan fingerprint density at radius 1 is 1.04 bits per heavy atom. The van der Waals surface area contributed by atoms with E-state index in [0.717, 1.165) is 18.5 Å². The Bertz CT molecular complexity index is 738. The fraction of sp³-hybridized carbons (Fsp3) is 0.333. The third kappa shape index (κ3) is 4.32. The number of aromatic nitrogens is 2. The van der Waals surface area contributed by atoms with Crippen molar-refractivity contribution in [1.29, 1.82) is 0 Å². The van der Waals surface area contributed by atoms with Crippen molar-refractivity contribution in [2.24, 2.45) is 0 Å². The molecule has 1 aromatic carbocycles. The quantitative estimate of drug-likeness (QED) is 0.813. The van der Waals surface area contributed by atoms with Crippen LogP contribution in [0.5, 0.6) is 0 Å². The number of methoxy groups -OCH3 is 1. The number of nitrogens with one attached hydrogen (secondary N) is 2. The number of rotatable bonds is 5. The van der Waals surface area contributed by atoms with Gasteiger partial charge in [-0.15, -0.1) is 0 Å².